The number of hydrogen-bond acceptors (Lipinski definition) is 3. The summed E-state index contributed by atoms with van der Waals surface area (Å²) < 4.78 is 6.86. The molecular formula is C15H10BrIN2O2. The van der Waals surface area contributed by atoms with Crippen molar-refractivity contribution in [2.45, 2.75) is 0 Å². The number of nitrogens with zero attached hydrogens (tertiary/aromatic N) is 1. The molecule has 0 amide bonds. The predicted octanol–water partition coefficient (Wildman–Crippen LogP) is 4.38. The molecule has 1 N–H and O–H groups in total. The first kappa shape index (κ1) is 14.5. The van der Waals surface area contributed by atoms with E-state index >= 15 is 0 Å². The van der Waals surface area contributed by atoms with Crippen LogP contribution in [0.15, 0.2) is 40.9 Å². The third-order valence-corrected chi connectivity index (χ3v) is 4.46. The summed E-state index contributed by atoms with van der Waals surface area (Å²) in [4.78, 5) is 19.6. The van der Waals surface area contributed by atoms with E-state index in [9.17, 15) is 4.79 Å². The van der Waals surface area contributed by atoms with Crippen LogP contribution in [0.2, 0.25) is 0 Å². The molecule has 6 heteroatoms. The molecule has 21 heavy (non-hydrogen) atoms. The largest absolute Gasteiger partial charge is 0.465 e. The number of ether oxygens (including phenoxy) is 1. The number of fused-ring (bicyclic) bond motifs is 1. The van der Waals surface area contributed by atoms with Crippen LogP contribution in [0.5, 0.6) is 0 Å². The van der Waals surface area contributed by atoms with Crippen molar-refractivity contribution < 1.29 is 9.53 Å². The van der Waals surface area contributed by atoms with Crippen LogP contribution in [0.4, 0.5) is 0 Å². The lowest BCUT2D eigenvalue weighted by molar-refractivity contribution is 0.0603. The van der Waals surface area contributed by atoms with E-state index in [2.05, 4.69) is 48.5 Å². The number of nitrogens with one attached hydrogen (secondary N) is 1. The third kappa shape index (κ3) is 2.69. The Morgan fingerprint density at radius 3 is 2.90 bits per heavy atom. The maximum Gasteiger partial charge on any atom is 0.340 e. The minimum Gasteiger partial charge on any atom is -0.465 e. The van der Waals surface area contributed by atoms with Gasteiger partial charge < -0.3 is 9.72 Å². The Hall–Kier alpha value is -1.41. The highest BCUT2D eigenvalue weighted by Gasteiger charge is 2.15. The van der Waals surface area contributed by atoms with Gasteiger partial charge in [-0.1, -0.05) is 22.0 Å². The van der Waals surface area contributed by atoms with E-state index in [1.54, 1.807) is 12.1 Å². The summed E-state index contributed by atoms with van der Waals surface area (Å²) in [6.07, 6.45) is 0. The average Bonchev–Trinajstić information content (AvgIpc) is 2.92. The molecule has 0 atom stereocenters. The van der Waals surface area contributed by atoms with Gasteiger partial charge >= 0.3 is 5.97 Å². The Morgan fingerprint density at radius 2 is 2.14 bits per heavy atom. The van der Waals surface area contributed by atoms with Gasteiger partial charge in [0.05, 0.1) is 18.2 Å². The number of aromatic amines is 1. The van der Waals surface area contributed by atoms with Gasteiger partial charge in [-0.2, -0.15) is 0 Å². The maximum absolute atomic E-state index is 11.8. The Labute approximate surface area is 143 Å². The van der Waals surface area contributed by atoms with Gasteiger partial charge in [0, 0.05) is 13.6 Å². The SMILES string of the molecule is COC(=O)c1cccc2[nH]c(-c3cc(I)ccc3Br)nc12. The minimum atomic E-state index is -0.389. The van der Waals surface area contributed by atoms with Crippen molar-refractivity contribution in [3.05, 3.63) is 50.0 Å². The van der Waals surface area contributed by atoms with Crippen LogP contribution in [0.1, 0.15) is 10.4 Å². The van der Waals surface area contributed by atoms with Crippen LogP contribution < -0.4 is 0 Å². The number of rotatable bonds is 2. The second kappa shape index (κ2) is 5.76. The van der Waals surface area contributed by atoms with E-state index in [1.807, 2.05) is 24.3 Å². The monoisotopic (exact) mass is 456 g/mol. The van der Waals surface area contributed by atoms with Gasteiger partial charge in [0.1, 0.15) is 11.3 Å². The number of benzene rings is 2. The molecule has 0 saturated carbocycles. The standard InChI is InChI=1S/C15H10BrIN2O2/c1-21-15(20)9-3-2-4-12-13(9)19-14(18-12)10-7-8(17)5-6-11(10)16/h2-7H,1H3,(H,18,19). The quantitative estimate of drug-likeness (QED) is 0.459. The molecule has 0 aliphatic rings. The van der Waals surface area contributed by atoms with E-state index in [0.717, 1.165) is 19.1 Å². The molecule has 1 aromatic heterocycles. The highest BCUT2D eigenvalue weighted by atomic mass is 127. The number of methoxy groups -OCH3 is 1. The van der Waals surface area contributed by atoms with Crippen molar-refractivity contribution in [3.8, 4) is 11.4 Å². The first-order valence-electron chi connectivity index (χ1n) is 6.12. The van der Waals surface area contributed by atoms with Gasteiger partial charge in [0.25, 0.3) is 0 Å². The van der Waals surface area contributed by atoms with Crippen LogP contribution >= 0.6 is 38.5 Å². The van der Waals surface area contributed by atoms with Gasteiger partial charge in [-0.25, -0.2) is 9.78 Å². The lowest BCUT2D eigenvalue weighted by atomic mass is 10.2. The Kier molecular flexibility index (Phi) is 3.99. The number of hydrogen-bond donors (Lipinski definition) is 1. The third-order valence-electron chi connectivity index (χ3n) is 3.10. The number of carbonyl (C=O) groups is 1. The molecule has 0 bridgehead atoms. The summed E-state index contributed by atoms with van der Waals surface area (Å²) in [6.45, 7) is 0. The number of H-pyrrole nitrogens is 1. The molecule has 0 aliphatic carbocycles. The highest BCUT2D eigenvalue weighted by Crippen LogP contribution is 2.30. The molecule has 0 fully saturated rings. The van der Waals surface area contributed by atoms with Crippen molar-refractivity contribution in [1.29, 1.82) is 0 Å². The van der Waals surface area contributed by atoms with Gasteiger partial charge in [0.2, 0.25) is 0 Å². The predicted molar refractivity (Wildman–Crippen MR) is 93.3 cm³/mol. The molecule has 2 aromatic carbocycles. The number of para-hydroxylation sites is 1. The molecule has 0 aliphatic heterocycles. The number of halogens is 2. The second-order valence-electron chi connectivity index (χ2n) is 4.40. The fraction of sp³-hybridized carbons (Fsp3) is 0.0667. The molecule has 0 radical (unpaired) electrons. The van der Waals surface area contributed by atoms with E-state index in [4.69, 9.17) is 4.74 Å². The van der Waals surface area contributed by atoms with Gasteiger partial charge in [-0.05, 0) is 52.9 Å². The summed E-state index contributed by atoms with van der Waals surface area (Å²) in [7, 11) is 1.37. The van der Waals surface area contributed by atoms with Crippen LogP contribution in [0.3, 0.4) is 0 Å². The van der Waals surface area contributed by atoms with Crippen LogP contribution in [-0.2, 0) is 4.74 Å². The van der Waals surface area contributed by atoms with Gasteiger partial charge in [0.15, 0.2) is 0 Å². The van der Waals surface area contributed by atoms with Crippen molar-refractivity contribution in [1.82, 2.24) is 9.97 Å². The highest BCUT2D eigenvalue weighted by molar-refractivity contribution is 14.1. The first-order valence-corrected chi connectivity index (χ1v) is 8.00. The molecule has 3 rings (SSSR count). The number of aromatic nitrogens is 2. The Morgan fingerprint density at radius 1 is 1.33 bits per heavy atom. The number of imidazole rings is 1. The van der Waals surface area contributed by atoms with E-state index in [-0.39, 0.29) is 5.97 Å². The molecule has 0 saturated heterocycles. The van der Waals surface area contributed by atoms with E-state index < -0.39 is 0 Å². The van der Waals surface area contributed by atoms with Gasteiger partial charge in [-0.15, -0.1) is 0 Å². The zero-order chi connectivity index (χ0) is 15.0. The number of esters is 1. The lowest BCUT2D eigenvalue weighted by Gasteiger charge is -2.01. The van der Waals surface area contributed by atoms with Crippen molar-refractivity contribution >= 4 is 55.5 Å². The summed E-state index contributed by atoms with van der Waals surface area (Å²) in [6, 6.07) is 11.4. The summed E-state index contributed by atoms with van der Waals surface area (Å²) in [5.74, 6) is 0.326. The molecule has 3 aromatic rings. The fourth-order valence-corrected chi connectivity index (χ4v) is 3.04. The zero-order valence-corrected chi connectivity index (χ0v) is 14.7. The first-order chi connectivity index (χ1) is 10.1. The lowest BCUT2D eigenvalue weighted by Crippen LogP contribution is -2.01. The smallest absolute Gasteiger partial charge is 0.340 e. The van der Waals surface area contributed by atoms with Gasteiger partial charge in [-0.3, -0.25) is 0 Å². The topological polar surface area (TPSA) is 55.0 Å². The van der Waals surface area contributed by atoms with E-state index in [0.29, 0.717) is 16.9 Å². The van der Waals surface area contributed by atoms with Crippen LogP contribution in [0, 0.1) is 3.57 Å². The molecule has 4 nitrogen and oxygen atoms in total. The summed E-state index contributed by atoms with van der Waals surface area (Å²) in [5.41, 5.74) is 2.83. The molecule has 0 unspecified atom stereocenters. The van der Waals surface area contributed by atoms with E-state index in [1.165, 1.54) is 7.11 Å². The maximum atomic E-state index is 11.8. The molecule has 1 heterocycles. The molecule has 0 spiro atoms. The van der Waals surface area contributed by atoms with Crippen molar-refractivity contribution in [3.63, 3.8) is 0 Å². The average molecular weight is 457 g/mol. The Bertz CT molecular complexity index is 845. The number of carbonyl (C=O) groups excluding carboxylic acids is 1. The van der Waals surface area contributed by atoms with Crippen molar-refractivity contribution in [2.24, 2.45) is 0 Å². The van der Waals surface area contributed by atoms with Crippen molar-refractivity contribution in [2.75, 3.05) is 7.11 Å². The van der Waals surface area contributed by atoms with Crippen LogP contribution in [-0.4, -0.2) is 23.0 Å². The second-order valence-corrected chi connectivity index (χ2v) is 6.50. The minimum absolute atomic E-state index is 0.389. The molecular weight excluding hydrogens is 447 g/mol. The summed E-state index contributed by atoms with van der Waals surface area (Å²) >= 11 is 5.78. The fourth-order valence-electron chi connectivity index (χ4n) is 2.11. The van der Waals surface area contributed by atoms with Crippen LogP contribution in [0.25, 0.3) is 22.4 Å². The summed E-state index contributed by atoms with van der Waals surface area (Å²) in [5, 5.41) is 0. The Balaban J connectivity index is 2.22. The zero-order valence-electron chi connectivity index (χ0n) is 11.0. The normalized spacial score (nSPS) is 10.8. The molecule has 106 valence electrons.